The van der Waals surface area contributed by atoms with E-state index in [-0.39, 0.29) is 5.56 Å². The second kappa shape index (κ2) is 10.6. The SMILES string of the molecule is CCC(=O)CCCCBr.O=c1cccc[nH]1. The lowest BCUT2D eigenvalue weighted by Crippen LogP contribution is -1.98. The molecule has 0 atom stereocenters. The molecule has 0 aliphatic heterocycles. The Morgan fingerprint density at radius 1 is 1.38 bits per heavy atom. The van der Waals surface area contributed by atoms with E-state index in [2.05, 4.69) is 20.9 Å². The van der Waals surface area contributed by atoms with Crippen molar-refractivity contribution in [3.8, 4) is 0 Å². The van der Waals surface area contributed by atoms with Crippen LogP contribution in [-0.4, -0.2) is 16.1 Å². The number of aromatic amines is 1. The molecule has 90 valence electrons. The molecule has 4 heteroatoms. The van der Waals surface area contributed by atoms with Crippen LogP contribution >= 0.6 is 15.9 Å². The summed E-state index contributed by atoms with van der Waals surface area (Å²) in [5.41, 5.74) is -0.0532. The minimum Gasteiger partial charge on any atom is -0.329 e. The normalized spacial score (nSPS) is 9.12. The maximum absolute atomic E-state index is 10.7. The van der Waals surface area contributed by atoms with Crippen molar-refractivity contribution in [2.24, 2.45) is 0 Å². The van der Waals surface area contributed by atoms with Crippen molar-refractivity contribution in [2.75, 3.05) is 5.33 Å². The summed E-state index contributed by atoms with van der Waals surface area (Å²) in [7, 11) is 0. The molecule has 1 N–H and O–H groups in total. The molecule has 0 saturated heterocycles. The number of carbonyl (C=O) groups excluding carboxylic acids is 1. The number of pyridine rings is 1. The van der Waals surface area contributed by atoms with Gasteiger partial charge in [-0.25, -0.2) is 0 Å². The summed E-state index contributed by atoms with van der Waals surface area (Å²) >= 11 is 3.31. The number of halogens is 1. The number of aromatic nitrogens is 1. The molecule has 0 bridgehead atoms. The number of hydrogen-bond acceptors (Lipinski definition) is 2. The van der Waals surface area contributed by atoms with Gasteiger partial charge in [0.15, 0.2) is 0 Å². The Kier molecular flexibility index (Phi) is 10.0. The smallest absolute Gasteiger partial charge is 0.247 e. The van der Waals surface area contributed by atoms with E-state index in [0.717, 1.165) is 24.6 Å². The van der Waals surface area contributed by atoms with Crippen molar-refractivity contribution >= 4 is 21.7 Å². The summed E-state index contributed by atoms with van der Waals surface area (Å²) in [5.74, 6) is 0.385. The van der Waals surface area contributed by atoms with E-state index in [4.69, 9.17) is 0 Å². The molecule has 0 spiro atoms. The molecule has 1 aromatic heterocycles. The highest BCUT2D eigenvalue weighted by Gasteiger charge is 1.95. The third kappa shape index (κ3) is 9.65. The average Bonchev–Trinajstić information content (AvgIpc) is 2.31. The van der Waals surface area contributed by atoms with E-state index in [1.807, 2.05) is 6.92 Å². The lowest BCUT2D eigenvalue weighted by Gasteiger charge is -1.93. The van der Waals surface area contributed by atoms with Crippen LogP contribution in [0.2, 0.25) is 0 Å². The maximum Gasteiger partial charge on any atom is 0.247 e. The van der Waals surface area contributed by atoms with Crippen LogP contribution < -0.4 is 5.56 Å². The molecule has 1 heterocycles. The number of rotatable bonds is 5. The summed E-state index contributed by atoms with van der Waals surface area (Å²) in [4.78, 5) is 23.4. The van der Waals surface area contributed by atoms with Gasteiger partial charge >= 0.3 is 0 Å². The molecule has 1 aromatic rings. The highest BCUT2D eigenvalue weighted by atomic mass is 79.9. The zero-order chi connectivity index (χ0) is 12.2. The van der Waals surface area contributed by atoms with Crippen molar-refractivity contribution in [3.63, 3.8) is 0 Å². The highest BCUT2D eigenvalue weighted by Crippen LogP contribution is 2.00. The number of unbranched alkanes of at least 4 members (excludes halogenated alkanes) is 1. The topological polar surface area (TPSA) is 49.9 Å². The van der Waals surface area contributed by atoms with Gasteiger partial charge in [-0.3, -0.25) is 9.59 Å². The van der Waals surface area contributed by atoms with Crippen molar-refractivity contribution in [2.45, 2.75) is 32.6 Å². The van der Waals surface area contributed by atoms with Gasteiger partial charge in [0, 0.05) is 30.4 Å². The first-order valence-corrected chi connectivity index (χ1v) is 6.54. The van der Waals surface area contributed by atoms with Gasteiger partial charge < -0.3 is 4.98 Å². The van der Waals surface area contributed by atoms with Gasteiger partial charge in [0.2, 0.25) is 5.56 Å². The fourth-order valence-corrected chi connectivity index (χ4v) is 1.37. The van der Waals surface area contributed by atoms with Crippen LogP contribution in [0, 0.1) is 0 Å². The van der Waals surface area contributed by atoms with E-state index < -0.39 is 0 Å². The first-order valence-electron chi connectivity index (χ1n) is 5.42. The Hall–Kier alpha value is -0.900. The Labute approximate surface area is 104 Å². The van der Waals surface area contributed by atoms with Gasteiger partial charge in [-0.05, 0) is 18.9 Å². The van der Waals surface area contributed by atoms with Gasteiger partial charge in [0.25, 0.3) is 0 Å². The third-order valence-corrected chi connectivity index (χ3v) is 2.47. The fourth-order valence-electron chi connectivity index (χ4n) is 0.970. The zero-order valence-electron chi connectivity index (χ0n) is 9.54. The van der Waals surface area contributed by atoms with E-state index in [0.29, 0.717) is 12.2 Å². The minimum absolute atomic E-state index is 0.0532. The van der Waals surface area contributed by atoms with E-state index in [9.17, 15) is 9.59 Å². The summed E-state index contributed by atoms with van der Waals surface area (Å²) < 4.78 is 0. The van der Waals surface area contributed by atoms with Crippen molar-refractivity contribution in [3.05, 3.63) is 34.7 Å². The van der Waals surface area contributed by atoms with E-state index >= 15 is 0 Å². The van der Waals surface area contributed by atoms with Gasteiger partial charge in [-0.1, -0.05) is 28.9 Å². The predicted molar refractivity (Wildman–Crippen MR) is 70.0 cm³/mol. The van der Waals surface area contributed by atoms with Crippen LogP contribution in [0.3, 0.4) is 0 Å². The number of carbonyl (C=O) groups is 1. The van der Waals surface area contributed by atoms with E-state index in [1.54, 1.807) is 18.3 Å². The molecule has 0 unspecified atom stereocenters. The van der Waals surface area contributed by atoms with Crippen molar-refractivity contribution < 1.29 is 4.79 Å². The Morgan fingerprint density at radius 2 is 2.12 bits per heavy atom. The van der Waals surface area contributed by atoms with Crippen LogP contribution in [0.5, 0.6) is 0 Å². The largest absolute Gasteiger partial charge is 0.329 e. The standard InChI is InChI=1S/C7H13BrO.C5H5NO/c1-2-7(9)5-3-4-6-8;7-5-3-1-2-4-6-5/h2-6H2,1H3;1-4H,(H,6,7). The number of ketones is 1. The minimum atomic E-state index is -0.0532. The van der Waals surface area contributed by atoms with Crippen molar-refractivity contribution in [1.29, 1.82) is 0 Å². The molecule has 3 nitrogen and oxygen atoms in total. The van der Waals surface area contributed by atoms with Gasteiger partial charge in [0.05, 0.1) is 0 Å². The predicted octanol–water partition coefficient (Wildman–Crippen LogP) is 2.91. The summed E-state index contributed by atoms with van der Waals surface area (Å²) in [6.07, 6.45) is 5.22. The second-order valence-electron chi connectivity index (χ2n) is 3.27. The number of nitrogens with one attached hydrogen (secondary N) is 1. The third-order valence-electron chi connectivity index (χ3n) is 1.91. The number of H-pyrrole nitrogens is 1. The van der Waals surface area contributed by atoms with Crippen LogP contribution in [0.25, 0.3) is 0 Å². The number of hydrogen-bond donors (Lipinski definition) is 1. The Bertz CT molecular complexity index is 318. The highest BCUT2D eigenvalue weighted by molar-refractivity contribution is 9.09. The molecule has 0 aliphatic rings. The molecule has 0 radical (unpaired) electrons. The molecule has 0 saturated carbocycles. The first-order chi connectivity index (χ1) is 7.70. The first kappa shape index (κ1) is 15.1. The van der Waals surface area contributed by atoms with Gasteiger partial charge in [-0.2, -0.15) is 0 Å². The lowest BCUT2D eigenvalue weighted by atomic mass is 10.1. The molecule has 0 fully saturated rings. The molecule has 1 rings (SSSR count). The molecule has 0 aromatic carbocycles. The van der Waals surface area contributed by atoms with Crippen LogP contribution in [0.15, 0.2) is 29.2 Å². The molecule has 0 aliphatic carbocycles. The monoisotopic (exact) mass is 287 g/mol. The quantitative estimate of drug-likeness (QED) is 0.669. The summed E-state index contributed by atoms with van der Waals surface area (Å²) in [6, 6.07) is 4.93. The summed E-state index contributed by atoms with van der Waals surface area (Å²) in [5, 5.41) is 1.02. The molecule has 0 amide bonds. The summed E-state index contributed by atoms with van der Waals surface area (Å²) in [6.45, 7) is 1.91. The number of alkyl halides is 1. The molecular formula is C12H18BrNO2. The van der Waals surface area contributed by atoms with E-state index in [1.165, 1.54) is 6.07 Å². The van der Waals surface area contributed by atoms with Crippen LogP contribution in [-0.2, 0) is 4.79 Å². The molecular weight excluding hydrogens is 270 g/mol. The fraction of sp³-hybridized carbons (Fsp3) is 0.500. The average molecular weight is 288 g/mol. The lowest BCUT2D eigenvalue weighted by molar-refractivity contribution is -0.118. The molecule has 16 heavy (non-hydrogen) atoms. The van der Waals surface area contributed by atoms with Gasteiger partial charge in [0.1, 0.15) is 5.78 Å². The maximum atomic E-state index is 10.7. The number of Topliss-reactive ketones (excluding diaryl/α,β-unsaturated/α-hetero) is 1. The Balaban J connectivity index is 0.000000288. The zero-order valence-corrected chi connectivity index (χ0v) is 11.1. The van der Waals surface area contributed by atoms with Gasteiger partial charge in [-0.15, -0.1) is 0 Å². The van der Waals surface area contributed by atoms with Crippen molar-refractivity contribution in [1.82, 2.24) is 4.98 Å². The van der Waals surface area contributed by atoms with Crippen LogP contribution in [0.4, 0.5) is 0 Å². The second-order valence-corrected chi connectivity index (χ2v) is 4.06. The Morgan fingerprint density at radius 3 is 2.50 bits per heavy atom. The van der Waals surface area contributed by atoms with Crippen LogP contribution in [0.1, 0.15) is 32.6 Å².